The number of carboxylic acids is 1. The van der Waals surface area contributed by atoms with Crippen LogP contribution in [0, 0.1) is 6.92 Å². The summed E-state index contributed by atoms with van der Waals surface area (Å²) in [7, 11) is 0. The van der Waals surface area contributed by atoms with E-state index in [1.807, 2.05) is 47.3 Å². The van der Waals surface area contributed by atoms with Crippen LogP contribution in [-0.2, 0) is 9.59 Å². The van der Waals surface area contributed by atoms with Crippen LogP contribution >= 0.6 is 24.0 Å². The fourth-order valence-corrected chi connectivity index (χ4v) is 6.41. The smallest absolute Gasteiger partial charge is 0.303 e. The third kappa shape index (κ3) is 8.42. The van der Waals surface area contributed by atoms with Crippen LogP contribution in [0.25, 0.3) is 23.0 Å². The van der Waals surface area contributed by atoms with Gasteiger partial charge in [0.15, 0.2) is 0 Å². The molecule has 222 valence electrons. The lowest BCUT2D eigenvalue weighted by Crippen LogP contribution is -2.29. The molecule has 1 N–H and O–H groups in total. The van der Waals surface area contributed by atoms with Gasteiger partial charge in [-0.15, -0.1) is 0 Å². The number of carbonyl (C=O) groups excluding carboxylic acids is 1. The fraction of sp³-hybridized carbons (Fsp3) is 0.412. The number of aryl methyl sites for hydroxylation is 1. The Labute approximate surface area is 259 Å². The molecule has 1 amide bonds. The fourth-order valence-electron chi connectivity index (χ4n) is 5.11. The first-order valence-corrected chi connectivity index (χ1v) is 16.2. The maximum Gasteiger partial charge on any atom is 0.303 e. The highest BCUT2D eigenvalue weighted by atomic mass is 32.2. The minimum absolute atomic E-state index is 0.0329. The maximum absolute atomic E-state index is 13.5. The van der Waals surface area contributed by atoms with Gasteiger partial charge < -0.3 is 5.11 Å². The highest BCUT2D eigenvalue weighted by Crippen LogP contribution is 2.36. The summed E-state index contributed by atoms with van der Waals surface area (Å²) in [4.78, 5) is 26.4. The van der Waals surface area contributed by atoms with Crippen molar-refractivity contribution in [1.82, 2.24) is 14.7 Å². The summed E-state index contributed by atoms with van der Waals surface area (Å²) < 4.78 is 2.50. The summed E-state index contributed by atoms with van der Waals surface area (Å²) in [5.74, 6) is -0.353. The molecule has 42 heavy (non-hydrogen) atoms. The van der Waals surface area contributed by atoms with Gasteiger partial charge in [-0.1, -0.05) is 107 Å². The number of nitrogens with zero attached hydrogens (tertiary/aromatic N) is 3. The average Bonchev–Trinajstić information content (AvgIpc) is 3.50. The van der Waals surface area contributed by atoms with E-state index in [1.54, 1.807) is 4.90 Å². The van der Waals surface area contributed by atoms with Gasteiger partial charge in [0.05, 0.1) is 10.6 Å². The van der Waals surface area contributed by atoms with Gasteiger partial charge in [0.25, 0.3) is 5.91 Å². The minimum atomic E-state index is -0.713. The van der Waals surface area contributed by atoms with Crippen LogP contribution in [0.3, 0.4) is 0 Å². The second-order valence-corrected chi connectivity index (χ2v) is 12.9. The Kier molecular flexibility index (Phi) is 11.5. The molecule has 2 aromatic carbocycles. The molecule has 0 saturated carbocycles. The lowest BCUT2D eigenvalue weighted by Gasteiger charge is -2.14. The summed E-state index contributed by atoms with van der Waals surface area (Å²) in [6.07, 6.45) is 12.4. The zero-order chi connectivity index (χ0) is 30.1. The predicted molar refractivity (Wildman–Crippen MR) is 177 cm³/mol. The van der Waals surface area contributed by atoms with Crippen molar-refractivity contribution < 1.29 is 14.7 Å². The first kappa shape index (κ1) is 31.7. The summed E-state index contributed by atoms with van der Waals surface area (Å²) in [6.45, 7) is 7.11. The molecule has 3 aromatic rings. The number of aromatic nitrogens is 2. The Morgan fingerprint density at radius 2 is 1.67 bits per heavy atom. The maximum atomic E-state index is 13.5. The van der Waals surface area contributed by atoms with Crippen LogP contribution in [-0.4, -0.2) is 42.5 Å². The minimum Gasteiger partial charge on any atom is -0.481 e. The molecule has 0 spiro atoms. The monoisotopic (exact) mass is 603 g/mol. The highest BCUT2D eigenvalue weighted by Gasteiger charge is 2.32. The Morgan fingerprint density at radius 3 is 2.33 bits per heavy atom. The third-order valence-electron chi connectivity index (χ3n) is 7.63. The molecule has 1 saturated heterocycles. The number of thiocarbonyl (C=S) groups is 1. The van der Waals surface area contributed by atoms with E-state index in [-0.39, 0.29) is 12.3 Å². The number of carbonyl (C=O) groups is 2. The normalized spacial score (nSPS) is 14.5. The van der Waals surface area contributed by atoms with Gasteiger partial charge in [-0.2, -0.15) is 5.10 Å². The van der Waals surface area contributed by atoms with Crippen LogP contribution < -0.4 is 0 Å². The van der Waals surface area contributed by atoms with E-state index >= 15 is 0 Å². The summed E-state index contributed by atoms with van der Waals surface area (Å²) in [6, 6.07) is 16.6. The van der Waals surface area contributed by atoms with Crippen molar-refractivity contribution in [2.45, 2.75) is 84.5 Å². The molecular formula is C34H41N3O3S2. The van der Waals surface area contributed by atoms with E-state index in [0.29, 0.717) is 21.7 Å². The largest absolute Gasteiger partial charge is 0.481 e. The zero-order valence-corrected chi connectivity index (χ0v) is 26.5. The molecule has 0 radical (unpaired) electrons. The number of amides is 1. The molecule has 1 aromatic heterocycles. The van der Waals surface area contributed by atoms with Crippen molar-refractivity contribution in [2.24, 2.45) is 0 Å². The number of unbranched alkanes of at least 4 members (excludes halogenated alkanes) is 7. The lowest BCUT2D eigenvalue weighted by atomic mass is 9.95. The van der Waals surface area contributed by atoms with E-state index in [0.717, 1.165) is 79.4 Å². The molecule has 2 heterocycles. The summed E-state index contributed by atoms with van der Waals surface area (Å²) in [5, 5.41) is 13.7. The molecule has 6 nitrogen and oxygen atoms in total. The summed E-state index contributed by atoms with van der Waals surface area (Å²) in [5.41, 5.74) is 6.17. The van der Waals surface area contributed by atoms with Crippen molar-refractivity contribution in [3.63, 3.8) is 0 Å². The van der Waals surface area contributed by atoms with E-state index < -0.39 is 5.97 Å². The summed E-state index contributed by atoms with van der Waals surface area (Å²) >= 11 is 7.00. The number of thioether (sulfide) groups is 1. The van der Waals surface area contributed by atoms with Crippen molar-refractivity contribution in [2.75, 3.05) is 6.54 Å². The van der Waals surface area contributed by atoms with Crippen molar-refractivity contribution >= 4 is 46.3 Å². The SMILES string of the molecule is Cc1ccc(C(C)C)cc1-c1nn(-c2ccccc2)cc1C=C1SC(=S)N(CCCCCCCCCCC(=O)O)C1=O. The second kappa shape index (κ2) is 15.3. The molecule has 0 aliphatic carbocycles. The zero-order valence-electron chi connectivity index (χ0n) is 24.8. The number of aliphatic carboxylic acids is 1. The average molecular weight is 604 g/mol. The topological polar surface area (TPSA) is 75.4 Å². The number of hydrogen-bond acceptors (Lipinski definition) is 5. The van der Waals surface area contributed by atoms with Crippen molar-refractivity contribution in [1.29, 1.82) is 0 Å². The molecule has 4 rings (SSSR count). The molecule has 0 unspecified atom stereocenters. The van der Waals surface area contributed by atoms with Crippen LogP contribution in [0.5, 0.6) is 0 Å². The second-order valence-electron chi connectivity index (χ2n) is 11.2. The molecule has 8 heteroatoms. The van der Waals surface area contributed by atoms with Gasteiger partial charge in [-0.05, 0) is 61.1 Å². The highest BCUT2D eigenvalue weighted by molar-refractivity contribution is 8.26. The number of hydrogen-bond donors (Lipinski definition) is 1. The Morgan fingerprint density at radius 1 is 1.00 bits per heavy atom. The predicted octanol–water partition coefficient (Wildman–Crippen LogP) is 8.77. The van der Waals surface area contributed by atoms with Gasteiger partial charge in [-0.25, -0.2) is 4.68 Å². The number of benzene rings is 2. The van der Waals surface area contributed by atoms with Crippen LogP contribution in [0.1, 0.15) is 94.2 Å². The Bertz CT molecular complexity index is 1430. The van der Waals surface area contributed by atoms with E-state index in [4.69, 9.17) is 22.4 Å². The Hall–Kier alpha value is -3.23. The van der Waals surface area contributed by atoms with Crippen LogP contribution in [0.2, 0.25) is 0 Å². The molecular weight excluding hydrogens is 563 g/mol. The van der Waals surface area contributed by atoms with E-state index in [2.05, 4.69) is 39.0 Å². The first-order chi connectivity index (χ1) is 20.2. The number of para-hydroxylation sites is 1. The molecule has 1 aliphatic rings. The standard InChI is InChI=1S/C34H41N3O3S2/c1-24(2)26-19-18-25(3)29(21-26)32-27(23-37(35-32)28-15-11-10-12-16-28)22-30-33(40)36(34(41)42-30)20-14-9-7-5-4-6-8-13-17-31(38)39/h10-12,15-16,18-19,21-24H,4-9,13-14,17,20H2,1-3H3,(H,38,39). The Balaban J connectivity index is 1.44. The van der Waals surface area contributed by atoms with E-state index in [1.165, 1.54) is 17.3 Å². The van der Waals surface area contributed by atoms with Gasteiger partial charge in [0, 0.05) is 30.3 Å². The van der Waals surface area contributed by atoms with E-state index in [9.17, 15) is 9.59 Å². The third-order valence-corrected chi connectivity index (χ3v) is 9.01. The molecule has 1 aliphatic heterocycles. The van der Waals surface area contributed by atoms with Gasteiger partial charge in [0.2, 0.25) is 0 Å². The number of rotatable bonds is 15. The van der Waals surface area contributed by atoms with Crippen molar-refractivity contribution in [3.8, 4) is 16.9 Å². The van der Waals surface area contributed by atoms with Crippen LogP contribution in [0.4, 0.5) is 0 Å². The van der Waals surface area contributed by atoms with Crippen molar-refractivity contribution in [3.05, 3.63) is 76.3 Å². The quantitative estimate of drug-likeness (QED) is 0.106. The molecule has 1 fully saturated rings. The lowest BCUT2D eigenvalue weighted by molar-refractivity contribution is -0.137. The van der Waals surface area contributed by atoms with Gasteiger partial charge >= 0.3 is 5.97 Å². The van der Waals surface area contributed by atoms with Crippen LogP contribution in [0.15, 0.2) is 59.6 Å². The number of carboxylic acid groups (broad SMARTS) is 1. The van der Waals surface area contributed by atoms with Gasteiger partial charge in [-0.3, -0.25) is 14.5 Å². The molecule has 0 atom stereocenters. The molecule has 0 bridgehead atoms. The first-order valence-electron chi connectivity index (χ1n) is 15.0. The van der Waals surface area contributed by atoms with Gasteiger partial charge in [0.1, 0.15) is 10.0 Å².